The highest BCUT2D eigenvalue weighted by atomic mass is 32.1. The van der Waals surface area contributed by atoms with Crippen LogP contribution in [0.25, 0.3) is 0 Å². The van der Waals surface area contributed by atoms with Crippen LogP contribution < -0.4 is 10.2 Å². The summed E-state index contributed by atoms with van der Waals surface area (Å²) in [4.78, 5) is 21.3. The fourth-order valence-corrected chi connectivity index (χ4v) is 3.48. The van der Waals surface area contributed by atoms with E-state index in [0.29, 0.717) is 11.6 Å². The van der Waals surface area contributed by atoms with Crippen LogP contribution in [0.1, 0.15) is 24.9 Å². The number of nitrogens with one attached hydrogen (secondary N) is 1. The van der Waals surface area contributed by atoms with Crippen molar-refractivity contribution < 1.29 is 9.32 Å². The molecule has 0 saturated carbocycles. The number of aromatic nitrogens is 3. The maximum absolute atomic E-state index is 12.4. The van der Waals surface area contributed by atoms with Crippen molar-refractivity contribution in [2.75, 3.05) is 36.4 Å². The first-order valence-corrected chi connectivity index (χ1v) is 8.84. The minimum absolute atomic E-state index is 0.0662. The van der Waals surface area contributed by atoms with Gasteiger partial charge in [-0.3, -0.25) is 9.69 Å². The Morgan fingerprint density at radius 2 is 2.17 bits per heavy atom. The molecule has 2 aromatic rings. The Labute approximate surface area is 145 Å². The van der Waals surface area contributed by atoms with E-state index in [1.165, 1.54) is 11.5 Å². The number of amides is 1. The van der Waals surface area contributed by atoms with Gasteiger partial charge >= 0.3 is 0 Å². The zero-order valence-electron chi connectivity index (χ0n) is 14.2. The number of rotatable bonds is 4. The molecule has 1 saturated heterocycles. The summed E-state index contributed by atoms with van der Waals surface area (Å²) in [6, 6.07) is 1.49. The topological polar surface area (TPSA) is 87.4 Å². The Morgan fingerprint density at radius 1 is 1.33 bits per heavy atom. The molecular weight excluding hydrogens is 328 g/mol. The number of hydrogen-bond donors (Lipinski definition) is 1. The maximum atomic E-state index is 12.4. The van der Waals surface area contributed by atoms with Crippen LogP contribution in [0, 0.1) is 13.8 Å². The molecule has 1 aliphatic rings. The van der Waals surface area contributed by atoms with Crippen molar-refractivity contribution in [3.63, 3.8) is 0 Å². The number of hydrogen-bond acceptors (Lipinski definition) is 8. The van der Waals surface area contributed by atoms with Gasteiger partial charge in [0.25, 0.3) is 0 Å². The fourth-order valence-electron chi connectivity index (χ4n) is 2.75. The van der Waals surface area contributed by atoms with Crippen LogP contribution in [-0.4, -0.2) is 57.5 Å². The van der Waals surface area contributed by atoms with Crippen LogP contribution in [0.3, 0.4) is 0 Å². The van der Waals surface area contributed by atoms with Crippen molar-refractivity contribution in [3.8, 4) is 0 Å². The molecule has 3 heterocycles. The second kappa shape index (κ2) is 7.27. The molecule has 1 amide bonds. The lowest BCUT2D eigenvalue weighted by Gasteiger charge is -2.26. The first kappa shape index (κ1) is 16.8. The van der Waals surface area contributed by atoms with Crippen LogP contribution in [-0.2, 0) is 4.79 Å². The van der Waals surface area contributed by atoms with Gasteiger partial charge in [0.05, 0.1) is 6.04 Å². The molecule has 0 aromatic carbocycles. The lowest BCUT2D eigenvalue weighted by molar-refractivity contribution is -0.120. The van der Waals surface area contributed by atoms with E-state index in [1.54, 1.807) is 13.0 Å². The molecule has 130 valence electrons. The van der Waals surface area contributed by atoms with Crippen molar-refractivity contribution >= 4 is 28.4 Å². The largest absolute Gasteiger partial charge is 0.360 e. The van der Waals surface area contributed by atoms with Gasteiger partial charge in [-0.15, -0.1) is 0 Å². The van der Waals surface area contributed by atoms with E-state index in [2.05, 4.69) is 29.6 Å². The summed E-state index contributed by atoms with van der Waals surface area (Å²) in [6.45, 7) is 9.09. The van der Waals surface area contributed by atoms with Gasteiger partial charge in [0.1, 0.15) is 11.6 Å². The zero-order chi connectivity index (χ0) is 17.1. The SMILES string of the molecule is Cc1nsc(N2CCCN([C@@H](C)C(=O)Nc3cc(C)on3)CC2)n1. The number of carbonyl (C=O) groups is 1. The second-order valence-corrected chi connectivity index (χ2v) is 6.72. The Kier molecular flexibility index (Phi) is 5.10. The standard InChI is InChI=1S/C15H22N6O2S/c1-10-9-13(18-23-10)17-14(22)11(2)20-5-4-6-21(8-7-20)15-16-12(3)19-24-15/h9,11H,4-8H2,1-3H3,(H,17,18,22)/t11-/m0/s1. The minimum Gasteiger partial charge on any atom is -0.360 e. The van der Waals surface area contributed by atoms with Crippen LogP contribution >= 0.6 is 11.5 Å². The summed E-state index contributed by atoms with van der Waals surface area (Å²) in [6.07, 6.45) is 0.985. The predicted octanol–water partition coefficient (Wildman–Crippen LogP) is 1.68. The summed E-state index contributed by atoms with van der Waals surface area (Å²) < 4.78 is 9.23. The highest BCUT2D eigenvalue weighted by molar-refractivity contribution is 7.09. The Morgan fingerprint density at radius 3 is 2.83 bits per heavy atom. The van der Waals surface area contributed by atoms with Gasteiger partial charge in [0.2, 0.25) is 11.0 Å². The van der Waals surface area contributed by atoms with Crippen molar-refractivity contribution in [1.82, 2.24) is 19.4 Å². The summed E-state index contributed by atoms with van der Waals surface area (Å²) in [5.41, 5.74) is 0. The number of carbonyl (C=O) groups excluding carboxylic acids is 1. The van der Waals surface area contributed by atoms with E-state index < -0.39 is 0 Å². The maximum Gasteiger partial charge on any atom is 0.242 e. The molecular formula is C15H22N6O2S. The summed E-state index contributed by atoms with van der Waals surface area (Å²) >= 11 is 1.43. The van der Waals surface area contributed by atoms with Crippen molar-refractivity contribution in [2.45, 2.75) is 33.2 Å². The predicted molar refractivity (Wildman–Crippen MR) is 92.4 cm³/mol. The summed E-state index contributed by atoms with van der Waals surface area (Å²) in [5, 5.41) is 7.58. The van der Waals surface area contributed by atoms with E-state index in [0.717, 1.165) is 43.6 Å². The second-order valence-electron chi connectivity index (χ2n) is 5.99. The molecule has 8 nitrogen and oxygen atoms in total. The number of anilines is 2. The van der Waals surface area contributed by atoms with E-state index >= 15 is 0 Å². The van der Waals surface area contributed by atoms with Gasteiger partial charge in [-0.05, 0) is 27.2 Å². The number of nitrogens with zero attached hydrogens (tertiary/aromatic N) is 5. The average Bonchev–Trinajstić information content (AvgIpc) is 3.07. The monoisotopic (exact) mass is 350 g/mol. The molecule has 1 fully saturated rings. The van der Waals surface area contributed by atoms with Crippen molar-refractivity contribution in [2.24, 2.45) is 0 Å². The Balaban J connectivity index is 1.57. The highest BCUT2D eigenvalue weighted by Gasteiger charge is 2.25. The molecule has 1 N–H and O–H groups in total. The van der Waals surface area contributed by atoms with Crippen LogP contribution in [0.5, 0.6) is 0 Å². The molecule has 0 unspecified atom stereocenters. The van der Waals surface area contributed by atoms with Gasteiger partial charge in [0.15, 0.2) is 5.82 Å². The summed E-state index contributed by atoms with van der Waals surface area (Å²) in [5.74, 6) is 1.89. The minimum atomic E-state index is -0.224. The molecule has 0 radical (unpaired) electrons. The molecule has 1 atom stereocenters. The van der Waals surface area contributed by atoms with Gasteiger partial charge in [-0.2, -0.15) is 4.37 Å². The molecule has 2 aromatic heterocycles. The average molecular weight is 350 g/mol. The van der Waals surface area contributed by atoms with E-state index in [4.69, 9.17) is 4.52 Å². The van der Waals surface area contributed by atoms with Crippen LogP contribution in [0.2, 0.25) is 0 Å². The first-order valence-electron chi connectivity index (χ1n) is 8.06. The van der Waals surface area contributed by atoms with E-state index in [-0.39, 0.29) is 11.9 Å². The Hall–Kier alpha value is -2.00. The van der Waals surface area contributed by atoms with Crippen molar-refractivity contribution in [3.05, 3.63) is 17.7 Å². The molecule has 24 heavy (non-hydrogen) atoms. The molecule has 0 spiro atoms. The smallest absolute Gasteiger partial charge is 0.242 e. The lowest BCUT2D eigenvalue weighted by Crippen LogP contribution is -2.44. The van der Waals surface area contributed by atoms with E-state index in [9.17, 15) is 4.79 Å². The van der Waals surface area contributed by atoms with Gasteiger partial charge in [0, 0.05) is 43.8 Å². The molecule has 9 heteroatoms. The van der Waals surface area contributed by atoms with Gasteiger partial charge < -0.3 is 14.7 Å². The quantitative estimate of drug-likeness (QED) is 0.897. The molecule has 1 aliphatic heterocycles. The van der Waals surface area contributed by atoms with E-state index in [1.807, 2.05) is 13.8 Å². The van der Waals surface area contributed by atoms with Gasteiger partial charge in [-0.1, -0.05) is 5.16 Å². The first-order chi connectivity index (χ1) is 11.5. The third kappa shape index (κ3) is 3.90. The van der Waals surface area contributed by atoms with Crippen LogP contribution in [0.15, 0.2) is 10.6 Å². The molecule has 0 bridgehead atoms. The third-order valence-corrected chi connectivity index (χ3v) is 4.99. The highest BCUT2D eigenvalue weighted by Crippen LogP contribution is 2.19. The normalized spacial score (nSPS) is 17.5. The van der Waals surface area contributed by atoms with Crippen molar-refractivity contribution in [1.29, 1.82) is 0 Å². The fraction of sp³-hybridized carbons (Fsp3) is 0.600. The van der Waals surface area contributed by atoms with Gasteiger partial charge in [-0.25, -0.2) is 4.98 Å². The molecule has 0 aliphatic carbocycles. The summed E-state index contributed by atoms with van der Waals surface area (Å²) in [7, 11) is 0. The van der Waals surface area contributed by atoms with Crippen LogP contribution in [0.4, 0.5) is 10.9 Å². The number of aryl methyl sites for hydroxylation is 2. The zero-order valence-corrected chi connectivity index (χ0v) is 15.0. The lowest BCUT2D eigenvalue weighted by atomic mass is 10.2. The third-order valence-electron chi connectivity index (χ3n) is 4.12. The molecule has 3 rings (SSSR count). The Bertz CT molecular complexity index is 700.